The van der Waals surface area contributed by atoms with Gasteiger partial charge in [-0.05, 0) is 34.1 Å². The van der Waals surface area contributed by atoms with Gasteiger partial charge >= 0.3 is 8.80 Å². The van der Waals surface area contributed by atoms with Gasteiger partial charge in [0.2, 0.25) is 0 Å². The maximum atomic E-state index is 6.19. The molecule has 0 amide bonds. The summed E-state index contributed by atoms with van der Waals surface area (Å²) in [6.07, 6.45) is 5.66. The molecule has 0 unspecified atom stereocenters. The SMILES string of the molecule is C=CC(C)(C)O[Si](CCCC)(OC)OC(C)(C)C=C. The number of hydrogen-bond acceptors (Lipinski definition) is 3. The van der Waals surface area contributed by atoms with E-state index in [9.17, 15) is 0 Å². The summed E-state index contributed by atoms with van der Waals surface area (Å²) < 4.78 is 18.1. The molecule has 0 aliphatic carbocycles. The molecule has 0 aromatic carbocycles. The molecule has 0 bridgehead atoms. The van der Waals surface area contributed by atoms with Crippen LogP contribution in [-0.4, -0.2) is 27.1 Å². The van der Waals surface area contributed by atoms with Crippen molar-refractivity contribution in [2.75, 3.05) is 7.11 Å². The Morgan fingerprint density at radius 3 is 1.68 bits per heavy atom. The van der Waals surface area contributed by atoms with Crippen molar-refractivity contribution in [1.29, 1.82) is 0 Å². The lowest BCUT2D eigenvalue weighted by Gasteiger charge is -2.39. The minimum absolute atomic E-state index is 0.465. The highest BCUT2D eigenvalue weighted by atomic mass is 28.4. The van der Waals surface area contributed by atoms with Crippen LogP contribution in [0.25, 0.3) is 0 Å². The van der Waals surface area contributed by atoms with E-state index in [2.05, 4.69) is 20.1 Å². The molecule has 0 heterocycles. The average molecular weight is 286 g/mol. The van der Waals surface area contributed by atoms with Crippen molar-refractivity contribution in [2.45, 2.75) is 64.7 Å². The monoisotopic (exact) mass is 286 g/mol. The standard InChI is InChI=1S/C15H30O3Si/c1-9-12-13-19(16-8,17-14(4,5)10-2)18-15(6,7)11-3/h10-11H,2-3,9,12-13H2,1,4-8H3. The second-order valence-corrected chi connectivity index (χ2v) is 8.49. The zero-order valence-corrected chi connectivity index (χ0v) is 14.4. The van der Waals surface area contributed by atoms with E-state index in [0.717, 1.165) is 18.9 Å². The second-order valence-electron chi connectivity index (χ2n) is 5.81. The van der Waals surface area contributed by atoms with Gasteiger partial charge < -0.3 is 13.3 Å². The van der Waals surface area contributed by atoms with Crippen LogP contribution in [0.15, 0.2) is 25.3 Å². The van der Waals surface area contributed by atoms with Gasteiger partial charge in [-0.15, -0.1) is 13.2 Å². The Morgan fingerprint density at radius 1 is 1.00 bits per heavy atom. The predicted molar refractivity (Wildman–Crippen MR) is 83.2 cm³/mol. The molecule has 0 saturated heterocycles. The summed E-state index contributed by atoms with van der Waals surface area (Å²) in [5.74, 6) is 0. The maximum Gasteiger partial charge on any atom is 0.502 e. The Balaban J connectivity index is 5.18. The van der Waals surface area contributed by atoms with Crippen LogP contribution in [-0.2, 0) is 13.3 Å². The lowest BCUT2D eigenvalue weighted by Crippen LogP contribution is -2.53. The molecule has 0 atom stereocenters. The van der Waals surface area contributed by atoms with Crippen LogP contribution in [0.4, 0.5) is 0 Å². The fourth-order valence-electron chi connectivity index (χ4n) is 1.59. The zero-order valence-electron chi connectivity index (χ0n) is 13.4. The lowest BCUT2D eigenvalue weighted by molar-refractivity contribution is -0.0172. The van der Waals surface area contributed by atoms with Crippen molar-refractivity contribution in [3.8, 4) is 0 Å². The normalized spacial score (nSPS) is 13.4. The largest absolute Gasteiger partial charge is 0.502 e. The van der Waals surface area contributed by atoms with Gasteiger partial charge in [0.1, 0.15) is 0 Å². The third kappa shape index (κ3) is 6.52. The minimum atomic E-state index is -2.75. The van der Waals surface area contributed by atoms with Crippen molar-refractivity contribution < 1.29 is 13.3 Å². The van der Waals surface area contributed by atoms with E-state index in [4.69, 9.17) is 13.3 Å². The van der Waals surface area contributed by atoms with Gasteiger partial charge in [0.25, 0.3) is 0 Å². The van der Waals surface area contributed by atoms with Gasteiger partial charge in [-0.3, -0.25) is 0 Å². The Hall–Kier alpha value is -0.423. The minimum Gasteiger partial charge on any atom is -0.377 e. The molecule has 0 radical (unpaired) electrons. The van der Waals surface area contributed by atoms with Gasteiger partial charge in [-0.2, -0.15) is 0 Å². The third-order valence-electron chi connectivity index (χ3n) is 2.97. The average Bonchev–Trinajstić information content (AvgIpc) is 2.35. The predicted octanol–water partition coefficient (Wildman–Crippen LogP) is 4.33. The lowest BCUT2D eigenvalue weighted by atomic mass is 10.1. The van der Waals surface area contributed by atoms with Gasteiger partial charge in [0.15, 0.2) is 0 Å². The Morgan fingerprint density at radius 2 is 1.42 bits per heavy atom. The smallest absolute Gasteiger partial charge is 0.377 e. The van der Waals surface area contributed by atoms with Gasteiger partial charge in [0.05, 0.1) is 11.2 Å². The topological polar surface area (TPSA) is 27.7 Å². The molecule has 0 fully saturated rings. The molecule has 3 nitrogen and oxygen atoms in total. The first-order valence-electron chi connectivity index (χ1n) is 6.88. The van der Waals surface area contributed by atoms with Gasteiger partial charge in [-0.25, -0.2) is 0 Å². The van der Waals surface area contributed by atoms with Crippen LogP contribution >= 0.6 is 0 Å². The van der Waals surface area contributed by atoms with E-state index in [-0.39, 0.29) is 0 Å². The van der Waals surface area contributed by atoms with E-state index in [0.29, 0.717) is 0 Å². The summed E-state index contributed by atoms with van der Waals surface area (Å²) in [6.45, 7) is 17.6. The first kappa shape index (κ1) is 18.6. The molecule has 0 saturated carbocycles. The summed E-state index contributed by atoms with van der Waals surface area (Å²) >= 11 is 0. The summed E-state index contributed by atoms with van der Waals surface area (Å²) in [5, 5.41) is 0. The van der Waals surface area contributed by atoms with Crippen LogP contribution in [0.5, 0.6) is 0 Å². The van der Waals surface area contributed by atoms with E-state index in [1.807, 2.05) is 27.7 Å². The molecular formula is C15H30O3Si. The second kappa shape index (κ2) is 7.38. The van der Waals surface area contributed by atoms with Gasteiger partial charge in [0, 0.05) is 13.2 Å². The molecule has 0 aliphatic rings. The van der Waals surface area contributed by atoms with Crippen molar-refractivity contribution in [3.05, 3.63) is 25.3 Å². The summed E-state index contributed by atoms with van der Waals surface area (Å²) in [7, 11) is -1.08. The van der Waals surface area contributed by atoms with E-state index >= 15 is 0 Å². The Labute approximate surface area is 120 Å². The number of rotatable bonds is 10. The summed E-state index contributed by atoms with van der Waals surface area (Å²) in [4.78, 5) is 0. The Kier molecular flexibility index (Phi) is 7.22. The molecular weight excluding hydrogens is 256 g/mol. The van der Waals surface area contributed by atoms with E-state index in [1.165, 1.54) is 0 Å². The third-order valence-corrected chi connectivity index (χ3v) is 6.23. The number of unbranched alkanes of at least 4 members (excludes halogenated alkanes) is 1. The fraction of sp³-hybridized carbons (Fsp3) is 0.733. The van der Waals surface area contributed by atoms with E-state index < -0.39 is 20.0 Å². The molecule has 112 valence electrons. The van der Waals surface area contributed by atoms with Crippen molar-refractivity contribution in [1.82, 2.24) is 0 Å². The highest BCUT2D eigenvalue weighted by molar-refractivity contribution is 6.61. The Bertz CT molecular complexity index is 276. The molecule has 19 heavy (non-hydrogen) atoms. The van der Waals surface area contributed by atoms with Crippen LogP contribution in [0.1, 0.15) is 47.5 Å². The molecule has 0 aromatic heterocycles. The first-order chi connectivity index (χ1) is 8.66. The van der Waals surface area contributed by atoms with Crippen LogP contribution < -0.4 is 0 Å². The summed E-state index contributed by atoms with van der Waals surface area (Å²) in [5.41, 5.74) is -0.930. The zero-order chi connectivity index (χ0) is 15.2. The van der Waals surface area contributed by atoms with Crippen molar-refractivity contribution in [3.63, 3.8) is 0 Å². The van der Waals surface area contributed by atoms with Crippen LogP contribution in [0, 0.1) is 0 Å². The fourth-order valence-corrected chi connectivity index (χ4v) is 4.76. The molecule has 0 aliphatic heterocycles. The van der Waals surface area contributed by atoms with Crippen LogP contribution in [0.2, 0.25) is 6.04 Å². The van der Waals surface area contributed by atoms with Crippen molar-refractivity contribution >= 4 is 8.80 Å². The van der Waals surface area contributed by atoms with Crippen LogP contribution in [0.3, 0.4) is 0 Å². The highest BCUT2D eigenvalue weighted by Crippen LogP contribution is 2.30. The molecule has 0 N–H and O–H groups in total. The molecule has 0 rings (SSSR count). The molecule has 0 aromatic rings. The maximum absolute atomic E-state index is 6.19. The van der Waals surface area contributed by atoms with E-state index in [1.54, 1.807) is 19.3 Å². The molecule has 0 spiro atoms. The summed E-state index contributed by atoms with van der Waals surface area (Å²) in [6, 6.07) is 0.800. The quantitative estimate of drug-likeness (QED) is 0.442. The van der Waals surface area contributed by atoms with Crippen molar-refractivity contribution in [2.24, 2.45) is 0 Å². The molecule has 4 heteroatoms. The van der Waals surface area contributed by atoms with Gasteiger partial charge in [-0.1, -0.05) is 25.5 Å². The first-order valence-corrected chi connectivity index (χ1v) is 8.82. The number of hydrogen-bond donors (Lipinski definition) is 0. The highest BCUT2D eigenvalue weighted by Gasteiger charge is 2.46.